The van der Waals surface area contributed by atoms with Crippen LogP contribution in [0.5, 0.6) is 0 Å². The Morgan fingerprint density at radius 1 is 1.07 bits per heavy atom. The third kappa shape index (κ3) is 5.45. The third-order valence-corrected chi connectivity index (χ3v) is 5.06. The van der Waals surface area contributed by atoms with Gasteiger partial charge in [0.1, 0.15) is 0 Å². The lowest BCUT2D eigenvalue weighted by molar-refractivity contribution is -0.384. The zero-order valence-electron chi connectivity index (χ0n) is 15.2. The van der Waals surface area contributed by atoms with Gasteiger partial charge in [0.15, 0.2) is 9.84 Å². The normalized spacial score (nSPS) is 11.2. The molecule has 10 nitrogen and oxygen atoms in total. The highest BCUT2D eigenvalue weighted by Gasteiger charge is 2.13. The highest BCUT2D eigenvalue weighted by atomic mass is 32.2. The molecule has 0 unspecified atom stereocenters. The maximum atomic E-state index is 12.1. The summed E-state index contributed by atoms with van der Waals surface area (Å²) < 4.78 is 28.3. The van der Waals surface area contributed by atoms with Crippen LogP contribution in [-0.2, 0) is 27.5 Å². The standard InChI is InChI=1S/C18H16N4O6S/c1-29(26,27)15-8-4-13(5-9-15)11-17-20-21-18(28-17)19-16(23)10-12-2-6-14(7-3-12)22(24)25/h2-9H,10-11H2,1H3,(H,19,21,23). The van der Waals surface area contributed by atoms with Gasteiger partial charge in [0, 0.05) is 18.4 Å². The number of anilines is 1. The first kappa shape index (κ1) is 20.1. The highest BCUT2D eigenvalue weighted by Crippen LogP contribution is 2.16. The zero-order valence-corrected chi connectivity index (χ0v) is 16.0. The second kappa shape index (κ2) is 8.19. The van der Waals surface area contributed by atoms with E-state index in [1.54, 1.807) is 12.1 Å². The van der Waals surface area contributed by atoms with Crippen LogP contribution < -0.4 is 5.32 Å². The van der Waals surface area contributed by atoms with Gasteiger partial charge < -0.3 is 4.42 Å². The molecule has 29 heavy (non-hydrogen) atoms. The molecule has 0 spiro atoms. The van der Waals surface area contributed by atoms with Crippen molar-refractivity contribution in [1.82, 2.24) is 10.2 Å². The van der Waals surface area contributed by atoms with Crippen LogP contribution in [0.1, 0.15) is 17.0 Å². The van der Waals surface area contributed by atoms with Crippen LogP contribution in [-0.4, -0.2) is 35.7 Å². The molecule has 150 valence electrons. The highest BCUT2D eigenvalue weighted by molar-refractivity contribution is 7.90. The largest absolute Gasteiger partial charge is 0.407 e. The summed E-state index contributed by atoms with van der Waals surface area (Å²) in [5.41, 5.74) is 1.31. The summed E-state index contributed by atoms with van der Waals surface area (Å²) >= 11 is 0. The maximum Gasteiger partial charge on any atom is 0.322 e. The van der Waals surface area contributed by atoms with E-state index in [1.165, 1.54) is 36.4 Å². The van der Waals surface area contributed by atoms with E-state index < -0.39 is 20.7 Å². The average molecular weight is 416 g/mol. The van der Waals surface area contributed by atoms with Gasteiger partial charge in [-0.15, -0.1) is 5.10 Å². The fourth-order valence-electron chi connectivity index (χ4n) is 2.49. The number of rotatable bonds is 7. The van der Waals surface area contributed by atoms with Gasteiger partial charge in [0.2, 0.25) is 11.8 Å². The van der Waals surface area contributed by atoms with Crippen molar-refractivity contribution >= 4 is 27.4 Å². The van der Waals surface area contributed by atoms with Crippen molar-refractivity contribution in [3.8, 4) is 0 Å². The quantitative estimate of drug-likeness (QED) is 0.455. The molecule has 11 heteroatoms. The van der Waals surface area contributed by atoms with Crippen molar-refractivity contribution in [2.75, 3.05) is 11.6 Å². The molecule has 0 fully saturated rings. The lowest BCUT2D eigenvalue weighted by Crippen LogP contribution is -2.14. The SMILES string of the molecule is CS(=O)(=O)c1ccc(Cc2nnc(NC(=O)Cc3ccc([N+](=O)[O-])cc3)o2)cc1. The number of hydrogen-bond donors (Lipinski definition) is 1. The van der Waals surface area contributed by atoms with Crippen molar-refractivity contribution in [3.05, 3.63) is 75.7 Å². The number of nitrogens with zero attached hydrogens (tertiary/aromatic N) is 3. The molecule has 0 aliphatic carbocycles. The van der Waals surface area contributed by atoms with E-state index in [0.29, 0.717) is 5.56 Å². The van der Waals surface area contributed by atoms with E-state index in [9.17, 15) is 23.3 Å². The van der Waals surface area contributed by atoms with E-state index >= 15 is 0 Å². The molecule has 0 aliphatic rings. The van der Waals surface area contributed by atoms with Crippen molar-refractivity contribution in [2.45, 2.75) is 17.7 Å². The fraction of sp³-hybridized carbons (Fsp3) is 0.167. The Morgan fingerprint density at radius 2 is 1.69 bits per heavy atom. The molecule has 1 amide bonds. The average Bonchev–Trinajstić information content (AvgIpc) is 3.08. The van der Waals surface area contributed by atoms with Crippen LogP contribution in [0.25, 0.3) is 0 Å². The number of nitro groups is 1. The minimum Gasteiger partial charge on any atom is -0.407 e. The molecule has 0 saturated carbocycles. The smallest absolute Gasteiger partial charge is 0.322 e. The molecule has 0 radical (unpaired) electrons. The molecule has 0 atom stereocenters. The number of nitro benzene ring substituents is 1. The first-order chi connectivity index (χ1) is 13.7. The van der Waals surface area contributed by atoms with Gasteiger partial charge >= 0.3 is 6.01 Å². The van der Waals surface area contributed by atoms with Gasteiger partial charge in [-0.1, -0.05) is 29.4 Å². The zero-order chi connectivity index (χ0) is 21.0. The van der Waals surface area contributed by atoms with Crippen LogP contribution >= 0.6 is 0 Å². The Balaban J connectivity index is 1.58. The summed E-state index contributed by atoms with van der Waals surface area (Å²) in [4.78, 5) is 22.4. The number of carbonyl (C=O) groups excluding carboxylic acids is 1. The van der Waals surface area contributed by atoms with Gasteiger partial charge in [-0.25, -0.2) is 8.42 Å². The topological polar surface area (TPSA) is 145 Å². The predicted octanol–water partition coefficient (Wildman–Crippen LogP) is 2.15. The first-order valence-electron chi connectivity index (χ1n) is 8.35. The number of nitrogens with one attached hydrogen (secondary N) is 1. The van der Waals surface area contributed by atoms with Crippen molar-refractivity contribution in [3.63, 3.8) is 0 Å². The Morgan fingerprint density at radius 3 is 2.28 bits per heavy atom. The lowest BCUT2D eigenvalue weighted by atomic mass is 10.1. The summed E-state index contributed by atoms with van der Waals surface area (Å²) in [7, 11) is -3.27. The van der Waals surface area contributed by atoms with Crippen LogP contribution in [0.4, 0.5) is 11.7 Å². The number of benzene rings is 2. The molecule has 0 aliphatic heterocycles. The van der Waals surface area contributed by atoms with E-state index in [0.717, 1.165) is 11.8 Å². The summed E-state index contributed by atoms with van der Waals surface area (Å²) in [6.45, 7) is 0. The first-order valence-corrected chi connectivity index (χ1v) is 10.2. The monoisotopic (exact) mass is 416 g/mol. The molecule has 3 rings (SSSR count). The molecule has 1 N–H and O–H groups in total. The second-order valence-corrected chi connectivity index (χ2v) is 8.26. The van der Waals surface area contributed by atoms with E-state index in [1.807, 2.05) is 0 Å². The minimum absolute atomic E-state index is 0.0112. The number of non-ortho nitro benzene ring substituents is 1. The maximum absolute atomic E-state index is 12.1. The van der Waals surface area contributed by atoms with E-state index in [2.05, 4.69) is 15.5 Å². The van der Waals surface area contributed by atoms with Crippen molar-refractivity contribution in [2.24, 2.45) is 0 Å². The third-order valence-electron chi connectivity index (χ3n) is 3.93. The van der Waals surface area contributed by atoms with Crippen LogP contribution in [0.2, 0.25) is 0 Å². The van der Waals surface area contributed by atoms with Gasteiger partial charge in [-0.3, -0.25) is 20.2 Å². The summed E-state index contributed by atoms with van der Waals surface area (Å²) in [6.07, 6.45) is 1.39. The van der Waals surface area contributed by atoms with Gasteiger partial charge in [-0.2, -0.15) is 0 Å². The number of amides is 1. The van der Waals surface area contributed by atoms with E-state index in [-0.39, 0.29) is 35.3 Å². The Bertz CT molecular complexity index is 1140. The minimum atomic E-state index is -3.27. The van der Waals surface area contributed by atoms with Crippen LogP contribution in [0.15, 0.2) is 57.8 Å². The van der Waals surface area contributed by atoms with Gasteiger partial charge in [0.05, 0.1) is 22.7 Å². The Hall–Kier alpha value is -3.60. The van der Waals surface area contributed by atoms with Crippen LogP contribution in [0.3, 0.4) is 0 Å². The molecule has 2 aromatic carbocycles. The molecule has 0 bridgehead atoms. The summed E-state index contributed by atoms with van der Waals surface area (Å²) in [5, 5.41) is 20.7. The lowest BCUT2D eigenvalue weighted by Gasteiger charge is -2.01. The van der Waals surface area contributed by atoms with Gasteiger partial charge in [0.25, 0.3) is 5.69 Å². The number of sulfone groups is 1. The molecular formula is C18H16N4O6S. The Kier molecular flexibility index (Phi) is 5.69. The molecule has 1 heterocycles. The van der Waals surface area contributed by atoms with Gasteiger partial charge in [-0.05, 0) is 23.3 Å². The molecule has 3 aromatic rings. The van der Waals surface area contributed by atoms with E-state index in [4.69, 9.17) is 4.42 Å². The molecular weight excluding hydrogens is 400 g/mol. The summed E-state index contributed by atoms with van der Waals surface area (Å²) in [5.74, 6) is -0.158. The van der Waals surface area contributed by atoms with Crippen molar-refractivity contribution < 1.29 is 22.6 Å². The summed E-state index contributed by atoms with van der Waals surface area (Å²) in [6, 6.07) is 11.8. The second-order valence-electron chi connectivity index (χ2n) is 6.24. The number of carbonyl (C=O) groups is 1. The van der Waals surface area contributed by atoms with Crippen LogP contribution in [0, 0.1) is 10.1 Å². The molecule has 0 saturated heterocycles. The number of hydrogen-bond acceptors (Lipinski definition) is 8. The molecule has 1 aromatic heterocycles. The number of aromatic nitrogens is 2. The Labute approximate surface area is 165 Å². The fourth-order valence-corrected chi connectivity index (χ4v) is 3.12. The predicted molar refractivity (Wildman–Crippen MR) is 102 cm³/mol. The van der Waals surface area contributed by atoms with Crippen molar-refractivity contribution in [1.29, 1.82) is 0 Å².